The molecule has 4 rings (SSSR count). The van der Waals surface area contributed by atoms with Gasteiger partial charge in [-0.25, -0.2) is 9.97 Å². The lowest BCUT2D eigenvalue weighted by atomic mass is 9.93. The number of hydrogen-bond acceptors (Lipinski definition) is 3. The summed E-state index contributed by atoms with van der Waals surface area (Å²) < 4.78 is 2.32. The highest BCUT2D eigenvalue weighted by Crippen LogP contribution is 2.36. The van der Waals surface area contributed by atoms with Crippen molar-refractivity contribution in [3.8, 4) is 11.1 Å². The summed E-state index contributed by atoms with van der Waals surface area (Å²) in [6.45, 7) is 4.12. The monoisotopic (exact) mass is 335 g/mol. The van der Waals surface area contributed by atoms with Crippen LogP contribution in [0.15, 0.2) is 36.7 Å². The molecule has 0 atom stereocenters. The maximum absolute atomic E-state index is 9.83. The van der Waals surface area contributed by atoms with E-state index in [-0.39, 0.29) is 6.10 Å². The Hall–Kier alpha value is -2.20. The quantitative estimate of drug-likeness (QED) is 0.769. The number of rotatable bonds is 3. The molecule has 2 heterocycles. The van der Waals surface area contributed by atoms with Gasteiger partial charge in [0.15, 0.2) is 0 Å². The van der Waals surface area contributed by atoms with E-state index in [2.05, 4.69) is 46.9 Å². The van der Waals surface area contributed by atoms with Gasteiger partial charge in [-0.2, -0.15) is 0 Å². The third-order valence-electron chi connectivity index (χ3n) is 5.42. The molecule has 1 aliphatic carbocycles. The van der Waals surface area contributed by atoms with Gasteiger partial charge in [-0.05, 0) is 50.2 Å². The predicted molar refractivity (Wildman–Crippen MR) is 101 cm³/mol. The highest BCUT2D eigenvalue weighted by Gasteiger charge is 2.24. The highest BCUT2D eigenvalue weighted by molar-refractivity contribution is 5.93. The van der Waals surface area contributed by atoms with Crippen molar-refractivity contribution in [2.24, 2.45) is 0 Å². The fraction of sp³-hybridized carbons (Fsp3) is 0.429. The molecule has 4 heteroatoms. The summed E-state index contributed by atoms with van der Waals surface area (Å²) in [5.41, 5.74) is 4.78. The van der Waals surface area contributed by atoms with Crippen molar-refractivity contribution in [1.29, 1.82) is 0 Å². The predicted octanol–water partition coefficient (Wildman–Crippen LogP) is 4.45. The second-order valence-corrected chi connectivity index (χ2v) is 7.12. The van der Waals surface area contributed by atoms with Crippen molar-refractivity contribution in [3.63, 3.8) is 0 Å². The van der Waals surface area contributed by atoms with Crippen LogP contribution in [0, 0.1) is 6.92 Å². The summed E-state index contributed by atoms with van der Waals surface area (Å²) in [6, 6.07) is 9.20. The Morgan fingerprint density at radius 3 is 2.52 bits per heavy atom. The molecule has 130 valence electrons. The number of aromatic nitrogens is 3. The van der Waals surface area contributed by atoms with E-state index in [4.69, 9.17) is 4.98 Å². The molecule has 0 unspecified atom stereocenters. The second kappa shape index (κ2) is 6.60. The van der Waals surface area contributed by atoms with Crippen LogP contribution in [0.1, 0.15) is 50.0 Å². The molecule has 4 nitrogen and oxygen atoms in total. The van der Waals surface area contributed by atoms with Gasteiger partial charge in [0.2, 0.25) is 0 Å². The molecule has 0 bridgehead atoms. The fourth-order valence-corrected chi connectivity index (χ4v) is 3.88. The zero-order chi connectivity index (χ0) is 17.4. The van der Waals surface area contributed by atoms with Crippen LogP contribution < -0.4 is 0 Å². The smallest absolute Gasteiger partial charge is 0.144 e. The van der Waals surface area contributed by atoms with E-state index in [1.807, 2.05) is 13.1 Å². The average molecular weight is 335 g/mol. The minimum atomic E-state index is -0.143. The number of fused-ring (bicyclic) bond motifs is 1. The minimum absolute atomic E-state index is 0.143. The summed E-state index contributed by atoms with van der Waals surface area (Å²) in [5.74, 6) is 0.801. The molecule has 1 aromatic carbocycles. The standard InChI is InChI=1S/C21H25N3O/c1-3-15-4-6-16(7-5-15)20-13-24(17-8-10-18(25)11-9-17)21-19(20)12-22-14(2)23-21/h4-7,12-13,17-18,25H,3,8-11H2,1-2H3. The molecular formula is C21H25N3O. The maximum Gasteiger partial charge on any atom is 0.144 e. The zero-order valence-electron chi connectivity index (χ0n) is 14.9. The van der Waals surface area contributed by atoms with Gasteiger partial charge >= 0.3 is 0 Å². The van der Waals surface area contributed by atoms with Gasteiger partial charge in [0.05, 0.1) is 6.10 Å². The normalized spacial score (nSPS) is 20.9. The summed E-state index contributed by atoms with van der Waals surface area (Å²) in [4.78, 5) is 9.17. The van der Waals surface area contributed by atoms with Gasteiger partial charge in [0, 0.05) is 29.4 Å². The van der Waals surface area contributed by atoms with Gasteiger partial charge in [0.1, 0.15) is 11.5 Å². The van der Waals surface area contributed by atoms with Gasteiger partial charge in [0.25, 0.3) is 0 Å². The molecular weight excluding hydrogens is 310 g/mol. The van der Waals surface area contributed by atoms with Crippen molar-refractivity contribution >= 4 is 11.0 Å². The van der Waals surface area contributed by atoms with Crippen LogP contribution in [-0.4, -0.2) is 25.7 Å². The van der Waals surface area contributed by atoms with Crippen LogP contribution >= 0.6 is 0 Å². The lowest BCUT2D eigenvalue weighted by Crippen LogP contribution is -2.20. The van der Waals surface area contributed by atoms with E-state index in [0.29, 0.717) is 6.04 Å². The lowest BCUT2D eigenvalue weighted by Gasteiger charge is -2.27. The minimum Gasteiger partial charge on any atom is -0.393 e. The lowest BCUT2D eigenvalue weighted by molar-refractivity contribution is 0.111. The van der Waals surface area contributed by atoms with Crippen LogP contribution in [0.2, 0.25) is 0 Å². The molecule has 0 amide bonds. The van der Waals surface area contributed by atoms with E-state index < -0.39 is 0 Å². The Kier molecular flexibility index (Phi) is 4.30. The Morgan fingerprint density at radius 2 is 1.84 bits per heavy atom. The van der Waals surface area contributed by atoms with Crippen LogP contribution in [0.25, 0.3) is 22.2 Å². The molecule has 2 aromatic heterocycles. The van der Waals surface area contributed by atoms with Gasteiger partial charge in [-0.15, -0.1) is 0 Å². The largest absolute Gasteiger partial charge is 0.393 e. The number of aryl methyl sites for hydroxylation is 2. The van der Waals surface area contributed by atoms with E-state index in [1.54, 1.807) is 0 Å². The number of nitrogens with zero attached hydrogens (tertiary/aromatic N) is 3. The zero-order valence-corrected chi connectivity index (χ0v) is 14.9. The Bertz CT molecular complexity index is 874. The Balaban J connectivity index is 1.81. The topological polar surface area (TPSA) is 50.9 Å². The Morgan fingerprint density at radius 1 is 1.12 bits per heavy atom. The molecule has 1 aliphatic rings. The van der Waals surface area contributed by atoms with Gasteiger partial charge < -0.3 is 9.67 Å². The molecule has 0 aliphatic heterocycles. The molecule has 1 saturated carbocycles. The van der Waals surface area contributed by atoms with Gasteiger partial charge in [-0.1, -0.05) is 31.2 Å². The van der Waals surface area contributed by atoms with E-state index >= 15 is 0 Å². The summed E-state index contributed by atoms with van der Waals surface area (Å²) in [5, 5.41) is 10.9. The summed E-state index contributed by atoms with van der Waals surface area (Å²) in [6.07, 6.45) is 8.84. The first-order valence-corrected chi connectivity index (χ1v) is 9.27. The van der Waals surface area contributed by atoms with Crippen LogP contribution in [0.5, 0.6) is 0 Å². The second-order valence-electron chi connectivity index (χ2n) is 7.12. The summed E-state index contributed by atoms with van der Waals surface area (Å²) in [7, 11) is 0. The van der Waals surface area contributed by atoms with E-state index in [9.17, 15) is 5.11 Å². The highest BCUT2D eigenvalue weighted by atomic mass is 16.3. The summed E-state index contributed by atoms with van der Waals surface area (Å²) >= 11 is 0. The molecule has 0 spiro atoms. The molecule has 0 saturated heterocycles. The van der Waals surface area contributed by atoms with Crippen molar-refractivity contribution in [2.45, 2.75) is 58.1 Å². The molecule has 0 radical (unpaired) electrons. The molecule has 3 aromatic rings. The van der Waals surface area contributed by atoms with Crippen molar-refractivity contribution < 1.29 is 5.11 Å². The van der Waals surface area contributed by atoms with Crippen molar-refractivity contribution in [3.05, 3.63) is 48.0 Å². The Labute approximate surface area is 148 Å². The molecule has 1 fully saturated rings. The number of aliphatic hydroxyl groups excluding tert-OH is 1. The van der Waals surface area contributed by atoms with Crippen molar-refractivity contribution in [2.75, 3.05) is 0 Å². The van der Waals surface area contributed by atoms with Crippen molar-refractivity contribution in [1.82, 2.24) is 14.5 Å². The number of hydrogen-bond donors (Lipinski definition) is 1. The first-order valence-electron chi connectivity index (χ1n) is 9.27. The van der Waals surface area contributed by atoms with Crippen LogP contribution in [-0.2, 0) is 6.42 Å². The third-order valence-corrected chi connectivity index (χ3v) is 5.42. The number of aliphatic hydroxyl groups is 1. The van der Waals surface area contributed by atoms with Gasteiger partial charge in [-0.3, -0.25) is 0 Å². The van der Waals surface area contributed by atoms with E-state index in [0.717, 1.165) is 49.0 Å². The third kappa shape index (κ3) is 3.07. The van der Waals surface area contributed by atoms with Crippen LogP contribution in [0.4, 0.5) is 0 Å². The number of benzene rings is 1. The fourth-order valence-electron chi connectivity index (χ4n) is 3.88. The first kappa shape index (κ1) is 16.3. The maximum atomic E-state index is 9.83. The SMILES string of the molecule is CCc1ccc(-c2cn(C3CCC(O)CC3)c3nc(C)ncc23)cc1. The average Bonchev–Trinajstić information content (AvgIpc) is 3.01. The molecule has 1 N–H and O–H groups in total. The first-order chi connectivity index (χ1) is 12.2. The van der Waals surface area contributed by atoms with Crippen LogP contribution in [0.3, 0.4) is 0 Å². The van der Waals surface area contributed by atoms with E-state index in [1.165, 1.54) is 16.7 Å². The molecule has 25 heavy (non-hydrogen) atoms.